The Kier molecular flexibility index (Phi) is 4.64. The van der Waals surface area contributed by atoms with Crippen LogP contribution < -0.4 is 5.73 Å². The number of halogens is 4. The Hall–Kier alpha value is -1.46. The van der Waals surface area contributed by atoms with Gasteiger partial charge in [-0.05, 0) is 36.8 Å². The molecule has 2 rings (SSSR count). The van der Waals surface area contributed by atoms with E-state index in [0.29, 0.717) is 17.9 Å². The molecule has 6 heteroatoms. The van der Waals surface area contributed by atoms with Gasteiger partial charge < -0.3 is 10.2 Å². The minimum absolute atomic E-state index is 0.0408. The lowest BCUT2D eigenvalue weighted by Crippen LogP contribution is -2.20. The summed E-state index contributed by atoms with van der Waals surface area (Å²) in [7, 11) is 0. The van der Waals surface area contributed by atoms with Gasteiger partial charge in [-0.1, -0.05) is 18.5 Å². The van der Waals surface area contributed by atoms with Crippen LogP contribution in [0.1, 0.15) is 24.7 Å². The molecule has 0 fully saturated rings. The third-order valence-corrected chi connectivity index (χ3v) is 3.54. The Morgan fingerprint density at radius 1 is 1.24 bits per heavy atom. The number of rotatable bonds is 4. The van der Waals surface area contributed by atoms with Crippen LogP contribution in [-0.4, -0.2) is 6.04 Å². The molecule has 0 spiro atoms. The van der Waals surface area contributed by atoms with Gasteiger partial charge in [0.25, 0.3) is 0 Å². The summed E-state index contributed by atoms with van der Waals surface area (Å²) >= 11 is 5.97. The minimum atomic E-state index is -4.42. The van der Waals surface area contributed by atoms with E-state index < -0.39 is 11.7 Å². The van der Waals surface area contributed by atoms with Crippen LogP contribution in [0.3, 0.4) is 0 Å². The summed E-state index contributed by atoms with van der Waals surface area (Å²) in [6.45, 7) is 1.96. The van der Waals surface area contributed by atoms with Crippen molar-refractivity contribution in [3.05, 3.63) is 46.7 Å². The molecule has 0 aliphatic carbocycles. The van der Waals surface area contributed by atoms with Crippen LogP contribution in [0.5, 0.6) is 0 Å². The molecule has 0 saturated carbocycles. The first-order valence-electron chi connectivity index (χ1n) is 6.52. The number of alkyl halides is 3. The second-order valence-electron chi connectivity index (χ2n) is 4.83. The molecule has 2 aromatic rings. The summed E-state index contributed by atoms with van der Waals surface area (Å²) in [4.78, 5) is 0. The van der Waals surface area contributed by atoms with Gasteiger partial charge in [-0.3, -0.25) is 0 Å². The van der Waals surface area contributed by atoms with Crippen molar-refractivity contribution in [3.8, 4) is 11.3 Å². The number of benzene rings is 1. The van der Waals surface area contributed by atoms with E-state index in [-0.39, 0.29) is 16.6 Å². The first kappa shape index (κ1) is 15.9. The van der Waals surface area contributed by atoms with E-state index in [2.05, 4.69) is 0 Å². The molecule has 0 amide bonds. The quantitative estimate of drug-likeness (QED) is 0.871. The van der Waals surface area contributed by atoms with Gasteiger partial charge >= 0.3 is 6.18 Å². The van der Waals surface area contributed by atoms with E-state index in [1.54, 1.807) is 12.1 Å². The molecule has 1 aromatic carbocycles. The monoisotopic (exact) mass is 317 g/mol. The van der Waals surface area contributed by atoms with Crippen LogP contribution in [0, 0.1) is 0 Å². The fourth-order valence-electron chi connectivity index (χ4n) is 1.93. The minimum Gasteiger partial charge on any atom is -0.461 e. The molecule has 0 saturated heterocycles. The average Bonchev–Trinajstić information content (AvgIpc) is 2.86. The van der Waals surface area contributed by atoms with Gasteiger partial charge in [0.05, 0.1) is 10.6 Å². The smallest absolute Gasteiger partial charge is 0.416 e. The molecule has 21 heavy (non-hydrogen) atoms. The van der Waals surface area contributed by atoms with Crippen molar-refractivity contribution < 1.29 is 17.6 Å². The fraction of sp³-hybridized carbons (Fsp3) is 0.333. The SMILES string of the molecule is CCC(N)Cc1ccc(-c2cc(C(F)(F)F)ccc2Cl)o1. The van der Waals surface area contributed by atoms with Crippen LogP contribution in [0.4, 0.5) is 13.2 Å². The third kappa shape index (κ3) is 3.80. The highest BCUT2D eigenvalue weighted by atomic mass is 35.5. The first-order valence-corrected chi connectivity index (χ1v) is 6.90. The van der Waals surface area contributed by atoms with E-state index in [1.807, 2.05) is 6.92 Å². The highest BCUT2D eigenvalue weighted by molar-refractivity contribution is 6.33. The molecule has 2 nitrogen and oxygen atoms in total. The van der Waals surface area contributed by atoms with Gasteiger partial charge in [0.2, 0.25) is 0 Å². The lowest BCUT2D eigenvalue weighted by Gasteiger charge is -2.09. The molecule has 1 heterocycles. The number of hydrogen-bond donors (Lipinski definition) is 1. The van der Waals surface area contributed by atoms with Crippen molar-refractivity contribution in [2.24, 2.45) is 5.73 Å². The predicted molar refractivity (Wildman–Crippen MR) is 76.1 cm³/mol. The number of hydrogen-bond acceptors (Lipinski definition) is 2. The van der Waals surface area contributed by atoms with Gasteiger partial charge in [-0.25, -0.2) is 0 Å². The Morgan fingerprint density at radius 2 is 1.95 bits per heavy atom. The zero-order valence-electron chi connectivity index (χ0n) is 11.4. The van der Waals surface area contributed by atoms with Crippen LogP contribution in [0.2, 0.25) is 5.02 Å². The van der Waals surface area contributed by atoms with Gasteiger partial charge in [0.1, 0.15) is 11.5 Å². The Labute approximate surface area is 125 Å². The van der Waals surface area contributed by atoms with Crippen molar-refractivity contribution in [3.63, 3.8) is 0 Å². The predicted octanol–water partition coefficient (Wildman–Crippen LogP) is 4.90. The van der Waals surface area contributed by atoms with Crippen molar-refractivity contribution in [2.45, 2.75) is 32.0 Å². The largest absolute Gasteiger partial charge is 0.461 e. The third-order valence-electron chi connectivity index (χ3n) is 3.21. The number of nitrogens with two attached hydrogens (primary N) is 1. The van der Waals surface area contributed by atoms with Gasteiger partial charge in [-0.2, -0.15) is 13.2 Å². The summed E-state index contributed by atoms with van der Waals surface area (Å²) in [5, 5.41) is 0.212. The summed E-state index contributed by atoms with van der Waals surface area (Å²) in [5.41, 5.74) is 5.29. The lowest BCUT2D eigenvalue weighted by molar-refractivity contribution is -0.137. The number of furan rings is 1. The van der Waals surface area contributed by atoms with Crippen molar-refractivity contribution in [1.29, 1.82) is 0 Å². The van der Waals surface area contributed by atoms with E-state index >= 15 is 0 Å². The second-order valence-corrected chi connectivity index (χ2v) is 5.24. The summed E-state index contributed by atoms with van der Waals surface area (Å²) < 4.78 is 43.8. The van der Waals surface area contributed by atoms with Gasteiger partial charge in [0.15, 0.2) is 0 Å². The van der Waals surface area contributed by atoms with Crippen molar-refractivity contribution in [1.82, 2.24) is 0 Å². The molecule has 0 bridgehead atoms. The zero-order valence-corrected chi connectivity index (χ0v) is 12.1. The zero-order chi connectivity index (χ0) is 15.6. The van der Waals surface area contributed by atoms with E-state index in [1.165, 1.54) is 6.07 Å². The van der Waals surface area contributed by atoms with Gasteiger partial charge in [-0.15, -0.1) is 0 Å². The van der Waals surface area contributed by atoms with Crippen LogP contribution >= 0.6 is 11.6 Å². The normalized spacial score (nSPS) is 13.4. The van der Waals surface area contributed by atoms with Crippen LogP contribution in [-0.2, 0) is 12.6 Å². The average molecular weight is 318 g/mol. The highest BCUT2D eigenvalue weighted by Gasteiger charge is 2.31. The topological polar surface area (TPSA) is 39.2 Å². The second kappa shape index (κ2) is 6.12. The van der Waals surface area contributed by atoms with Crippen LogP contribution in [0.15, 0.2) is 34.7 Å². The molecule has 1 aromatic heterocycles. The summed E-state index contributed by atoms with van der Waals surface area (Å²) in [6.07, 6.45) is -3.09. The maximum absolute atomic E-state index is 12.7. The molecule has 1 atom stereocenters. The lowest BCUT2D eigenvalue weighted by atomic mass is 10.1. The first-order chi connectivity index (χ1) is 9.81. The van der Waals surface area contributed by atoms with Crippen LogP contribution in [0.25, 0.3) is 11.3 Å². The Morgan fingerprint density at radius 3 is 2.57 bits per heavy atom. The van der Waals surface area contributed by atoms with E-state index in [4.69, 9.17) is 21.8 Å². The van der Waals surface area contributed by atoms with Crippen molar-refractivity contribution in [2.75, 3.05) is 0 Å². The fourth-order valence-corrected chi connectivity index (χ4v) is 2.14. The highest BCUT2D eigenvalue weighted by Crippen LogP contribution is 2.36. The molecular formula is C15H15ClF3NO. The molecule has 0 radical (unpaired) electrons. The van der Waals surface area contributed by atoms with Gasteiger partial charge in [0, 0.05) is 18.0 Å². The maximum atomic E-state index is 12.7. The van der Waals surface area contributed by atoms with E-state index in [9.17, 15) is 13.2 Å². The summed E-state index contributed by atoms with van der Waals surface area (Å²) in [6, 6.07) is 6.44. The standard InChI is InChI=1S/C15H15ClF3NO/c1-2-10(20)8-11-4-6-14(21-11)12-7-9(15(17,18)19)3-5-13(12)16/h3-7,10H,2,8,20H2,1H3. The maximum Gasteiger partial charge on any atom is 0.416 e. The summed E-state index contributed by atoms with van der Waals surface area (Å²) in [5.74, 6) is 0.942. The molecule has 0 aliphatic rings. The molecule has 1 unspecified atom stereocenters. The van der Waals surface area contributed by atoms with Crippen molar-refractivity contribution >= 4 is 11.6 Å². The molecule has 114 valence electrons. The molecule has 2 N–H and O–H groups in total. The van der Waals surface area contributed by atoms with E-state index in [0.717, 1.165) is 18.6 Å². The molecular weight excluding hydrogens is 303 g/mol. The Balaban J connectivity index is 2.33. The Bertz CT molecular complexity index is 622. The molecule has 0 aliphatic heterocycles.